The Morgan fingerprint density at radius 3 is 3.18 bits per heavy atom. The van der Waals surface area contributed by atoms with E-state index in [1.54, 1.807) is 10.5 Å². The van der Waals surface area contributed by atoms with Crippen LogP contribution in [0.3, 0.4) is 0 Å². The van der Waals surface area contributed by atoms with Crippen LogP contribution < -0.4 is 5.32 Å². The Bertz CT molecular complexity index is 516. The van der Waals surface area contributed by atoms with Crippen molar-refractivity contribution in [2.45, 2.75) is 31.7 Å². The normalized spacial score (nSPS) is 20.9. The third-order valence-corrected chi connectivity index (χ3v) is 3.30. The van der Waals surface area contributed by atoms with Crippen molar-refractivity contribution in [3.05, 3.63) is 30.0 Å². The summed E-state index contributed by atoms with van der Waals surface area (Å²) in [4.78, 5) is 0. The van der Waals surface area contributed by atoms with Crippen molar-refractivity contribution in [3.8, 4) is 0 Å². The maximum atomic E-state index is 13.4. The smallest absolute Gasteiger partial charge is 0.196 e. The lowest BCUT2D eigenvalue weighted by atomic mass is 10.0. The van der Waals surface area contributed by atoms with Gasteiger partial charge in [0.1, 0.15) is 5.82 Å². The third kappa shape index (κ3) is 2.02. The Kier molecular flexibility index (Phi) is 2.76. The zero-order valence-corrected chi connectivity index (χ0v) is 9.56. The van der Waals surface area contributed by atoms with Crippen LogP contribution in [0.4, 0.5) is 4.39 Å². The number of hydrogen-bond donors (Lipinski definition) is 1. The number of aromatic nitrogens is 3. The lowest BCUT2D eigenvalue weighted by molar-refractivity contribution is 0.393. The molecule has 1 unspecified atom stereocenters. The van der Waals surface area contributed by atoms with Crippen LogP contribution in [-0.4, -0.2) is 27.2 Å². The van der Waals surface area contributed by atoms with Gasteiger partial charge in [-0.25, -0.2) is 4.39 Å². The summed E-state index contributed by atoms with van der Waals surface area (Å²) >= 11 is 0. The Balaban J connectivity index is 1.87. The first-order valence-electron chi connectivity index (χ1n) is 6.06. The fraction of sp³-hybridized carbons (Fsp3) is 0.500. The highest BCUT2D eigenvalue weighted by Gasteiger charge is 2.17. The first-order chi connectivity index (χ1) is 8.34. The number of halogens is 1. The zero-order chi connectivity index (χ0) is 11.7. The Morgan fingerprint density at radius 2 is 2.35 bits per heavy atom. The van der Waals surface area contributed by atoms with Gasteiger partial charge in [-0.05, 0) is 31.5 Å². The van der Waals surface area contributed by atoms with Crippen molar-refractivity contribution in [3.63, 3.8) is 0 Å². The Hall–Kier alpha value is -1.49. The van der Waals surface area contributed by atoms with Crippen molar-refractivity contribution in [1.82, 2.24) is 19.9 Å². The number of nitrogens with one attached hydrogen (secondary N) is 1. The molecule has 0 saturated carbocycles. The second kappa shape index (κ2) is 4.41. The molecule has 0 radical (unpaired) electrons. The van der Waals surface area contributed by atoms with E-state index in [1.807, 2.05) is 6.20 Å². The third-order valence-electron chi connectivity index (χ3n) is 3.30. The fourth-order valence-electron chi connectivity index (χ4n) is 2.39. The van der Waals surface area contributed by atoms with Crippen LogP contribution in [0, 0.1) is 5.82 Å². The van der Waals surface area contributed by atoms with Gasteiger partial charge in [-0.1, -0.05) is 6.42 Å². The second-order valence-corrected chi connectivity index (χ2v) is 4.52. The van der Waals surface area contributed by atoms with Crippen LogP contribution in [0.2, 0.25) is 0 Å². The summed E-state index contributed by atoms with van der Waals surface area (Å²) < 4.78 is 15.2. The molecule has 3 rings (SSSR count). The average molecular weight is 234 g/mol. The van der Waals surface area contributed by atoms with Gasteiger partial charge in [0.15, 0.2) is 11.5 Å². The minimum absolute atomic E-state index is 0.317. The SMILES string of the molecule is Fc1cccn2c(CC3CCCCN3)nnc12. The molecule has 0 aliphatic carbocycles. The van der Waals surface area contributed by atoms with E-state index in [1.165, 1.54) is 18.9 Å². The van der Waals surface area contributed by atoms with Crippen molar-refractivity contribution in [1.29, 1.82) is 0 Å². The summed E-state index contributed by atoms with van der Waals surface area (Å²) in [5, 5.41) is 11.4. The molecule has 90 valence electrons. The van der Waals surface area contributed by atoms with E-state index < -0.39 is 0 Å². The first-order valence-corrected chi connectivity index (χ1v) is 6.06. The van der Waals surface area contributed by atoms with Gasteiger partial charge in [0, 0.05) is 18.7 Å². The van der Waals surface area contributed by atoms with E-state index in [9.17, 15) is 4.39 Å². The molecule has 2 aromatic heterocycles. The molecule has 0 amide bonds. The predicted molar refractivity (Wildman–Crippen MR) is 62.3 cm³/mol. The number of pyridine rings is 1. The molecule has 1 N–H and O–H groups in total. The summed E-state index contributed by atoms with van der Waals surface area (Å²) in [5.41, 5.74) is 0.318. The van der Waals surface area contributed by atoms with Crippen LogP contribution in [0.25, 0.3) is 5.65 Å². The van der Waals surface area contributed by atoms with Crippen LogP contribution in [0.15, 0.2) is 18.3 Å². The lowest BCUT2D eigenvalue weighted by Crippen LogP contribution is -2.36. The number of piperidine rings is 1. The average Bonchev–Trinajstić information content (AvgIpc) is 2.76. The van der Waals surface area contributed by atoms with Gasteiger partial charge in [0.2, 0.25) is 0 Å². The van der Waals surface area contributed by atoms with E-state index >= 15 is 0 Å². The van der Waals surface area contributed by atoms with Crippen LogP contribution in [-0.2, 0) is 6.42 Å². The van der Waals surface area contributed by atoms with Crippen LogP contribution >= 0.6 is 0 Å². The first kappa shape index (κ1) is 10.7. The monoisotopic (exact) mass is 234 g/mol. The van der Waals surface area contributed by atoms with Gasteiger partial charge in [-0.15, -0.1) is 10.2 Å². The molecule has 0 spiro atoms. The molecule has 0 aromatic carbocycles. The van der Waals surface area contributed by atoms with Gasteiger partial charge in [0.25, 0.3) is 0 Å². The molecule has 1 fully saturated rings. The molecular weight excluding hydrogens is 219 g/mol. The van der Waals surface area contributed by atoms with Crippen LogP contribution in [0.5, 0.6) is 0 Å². The van der Waals surface area contributed by atoms with E-state index in [0.29, 0.717) is 11.7 Å². The topological polar surface area (TPSA) is 42.2 Å². The molecule has 3 heterocycles. The predicted octanol–water partition coefficient (Wildman–Crippen LogP) is 1.55. The molecule has 1 saturated heterocycles. The van der Waals surface area contributed by atoms with Crippen molar-refractivity contribution >= 4 is 5.65 Å². The van der Waals surface area contributed by atoms with Gasteiger partial charge < -0.3 is 5.32 Å². The summed E-state index contributed by atoms with van der Waals surface area (Å²) in [6, 6.07) is 3.54. The lowest BCUT2D eigenvalue weighted by Gasteiger charge is -2.22. The van der Waals surface area contributed by atoms with E-state index in [2.05, 4.69) is 15.5 Å². The Labute approximate surface area is 98.9 Å². The molecular formula is C12H15FN4. The molecule has 2 aromatic rings. The number of fused-ring (bicyclic) bond motifs is 1. The molecule has 0 bridgehead atoms. The van der Waals surface area contributed by atoms with Crippen LogP contribution in [0.1, 0.15) is 25.1 Å². The van der Waals surface area contributed by atoms with Crippen molar-refractivity contribution < 1.29 is 4.39 Å². The summed E-state index contributed by atoms with van der Waals surface area (Å²) in [6.07, 6.45) is 6.28. The standard InChI is InChI=1S/C12H15FN4/c13-10-5-3-7-17-11(15-16-12(10)17)8-9-4-1-2-6-14-9/h3,5,7,9,14H,1-2,4,6,8H2. The molecule has 1 aliphatic rings. The minimum atomic E-state index is -0.317. The second-order valence-electron chi connectivity index (χ2n) is 4.52. The highest BCUT2D eigenvalue weighted by atomic mass is 19.1. The summed E-state index contributed by atoms with van der Waals surface area (Å²) in [7, 11) is 0. The maximum Gasteiger partial charge on any atom is 0.196 e. The number of rotatable bonds is 2. The van der Waals surface area contributed by atoms with Gasteiger partial charge in [-0.3, -0.25) is 4.40 Å². The Morgan fingerprint density at radius 1 is 1.41 bits per heavy atom. The molecule has 5 heteroatoms. The van der Waals surface area contributed by atoms with E-state index in [0.717, 1.165) is 25.2 Å². The zero-order valence-electron chi connectivity index (χ0n) is 9.56. The molecule has 1 aliphatic heterocycles. The summed E-state index contributed by atoms with van der Waals surface area (Å²) in [5.74, 6) is 0.516. The molecule has 1 atom stereocenters. The maximum absolute atomic E-state index is 13.4. The van der Waals surface area contributed by atoms with Crippen molar-refractivity contribution in [2.24, 2.45) is 0 Å². The minimum Gasteiger partial charge on any atom is -0.314 e. The van der Waals surface area contributed by atoms with Crippen molar-refractivity contribution in [2.75, 3.05) is 6.54 Å². The van der Waals surface area contributed by atoms with E-state index in [-0.39, 0.29) is 5.82 Å². The molecule has 4 nitrogen and oxygen atoms in total. The number of hydrogen-bond acceptors (Lipinski definition) is 3. The van der Waals surface area contributed by atoms with E-state index in [4.69, 9.17) is 0 Å². The summed E-state index contributed by atoms with van der Waals surface area (Å²) in [6.45, 7) is 1.07. The quantitative estimate of drug-likeness (QED) is 0.857. The highest BCUT2D eigenvalue weighted by molar-refractivity contribution is 5.39. The highest BCUT2D eigenvalue weighted by Crippen LogP contribution is 2.14. The van der Waals surface area contributed by atoms with Gasteiger partial charge >= 0.3 is 0 Å². The molecule has 17 heavy (non-hydrogen) atoms. The number of nitrogens with zero attached hydrogens (tertiary/aromatic N) is 3. The van der Waals surface area contributed by atoms with Gasteiger partial charge in [0.05, 0.1) is 0 Å². The van der Waals surface area contributed by atoms with Gasteiger partial charge in [-0.2, -0.15) is 0 Å². The fourth-order valence-corrected chi connectivity index (χ4v) is 2.39. The largest absolute Gasteiger partial charge is 0.314 e.